The average Bonchev–Trinajstić information content (AvgIpc) is 3.42. The Morgan fingerprint density at radius 1 is 0.750 bits per heavy atom. The predicted octanol–water partition coefficient (Wildman–Crippen LogP) is 6.78. The molecule has 1 aliphatic rings. The van der Waals surface area contributed by atoms with Crippen LogP contribution in [0.2, 0.25) is 0 Å². The van der Waals surface area contributed by atoms with Crippen LogP contribution in [-0.2, 0) is 31.8 Å². The summed E-state index contributed by atoms with van der Waals surface area (Å²) in [5, 5.41) is 52.1. The Morgan fingerprint density at radius 3 is 1.55 bits per heavy atom. The minimum absolute atomic E-state index is 0.0886. The van der Waals surface area contributed by atoms with E-state index in [-0.39, 0.29) is 29.0 Å². The van der Waals surface area contributed by atoms with Crippen LogP contribution in [0.5, 0.6) is 0 Å². The summed E-state index contributed by atoms with van der Waals surface area (Å²) in [5.41, 5.74) is -12.7. The highest BCUT2D eigenvalue weighted by Gasteiger charge is 2.62. The molecule has 14 nitrogen and oxygen atoms in total. The number of carboxylic acids is 1. The summed E-state index contributed by atoms with van der Waals surface area (Å²) >= 11 is 0. The number of hydrogen-bond acceptors (Lipinski definition) is 10. The number of benzene rings is 3. The molecule has 304 valence electrons. The van der Waals surface area contributed by atoms with Gasteiger partial charge in [-0.25, -0.2) is 9.59 Å². The number of carbonyl (C=O) groups excluding carboxylic acids is 2. The number of ether oxygens (including phenoxy) is 1. The number of aliphatic hydroxyl groups is 2. The molecule has 3 aromatic carbocycles. The molecule has 0 aliphatic carbocycles. The van der Waals surface area contributed by atoms with Crippen molar-refractivity contribution in [3.05, 3.63) is 109 Å². The Hall–Kier alpha value is -5.77. The van der Waals surface area contributed by atoms with Crippen molar-refractivity contribution in [1.82, 2.24) is 0 Å². The van der Waals surface area contributed by atoms with Gasteiger partial charge < -0.3 is 25.4 Å². The fraction of sp³-hybridized carbons (Fsp3) is 0.382. The second-order valence-electron chi connectivity index (χ2n) is 13.9. The van der Waals surface area contributed by atoms with E-state index in [1.54, 1.807) is 0 Å². The first-order chi connectivity index (χ1) is 25.4. The Labute approximate surface area is 310 Å². The number of fused-ring (bicyclic) bond motifs is 1. The number of carbonyl (C=O) groups is 3. The third-order valence-electron chi connectivity index (χ3n) is 8.86. The third-order valence-corrected chi connectivity index (χ3v) is 8.86. The van der Waals surface area contributed by atoms with Crippen molar-refractivity contribution in [2.75, 3.05) is 5.32 Å². The Bertz CT molecular complexity index is 2070. The maximum Gasteiger partial charge on any atom is 0.428 e. The smallest absolute Gasteiger partial charge is 0.428 e. The fourth-order valence-corrected chi connectivity index (χ4v) is 5.69. The van der Waals surface area contributed by atoms with E-state index in [0.29, 0.717) is 17.7 Å². The minimum atomic E-state index is -5.45. The van der Waals surface area contributed by atoms with Gasteiger partial charge >= 0.3 is 35.7 Å². The van der Waals surface area contributed by atoms with E-state index in [9.17, 15) is 79.9 Å². The van der Waals surface area contributed by atoms with Gasteiger partial charge in [0.05, 0.1) is 15.4 Å². The fourth-order valence-electron chi connectivity index (χ4n) is 5.69. The number of carboxylic acid groups (broad SMARTS) is 1. The maximum atomic E-state index is 14.0. The molecule has 0 fully saturated rings. The Morgan fingerprint density at radius 2 is 1.18 bits per heavy atom. The van der Waals surface area contributed by atoms with Crippen molar-refractivity contribution in [2.45, 2.75) is 81.5 Å². The summed E-state index contributed by atoms with van der Waals surface area (Å²) < 4.78 is 113. The van der Waals surface area contributed by atoms with E-state index in [4.69, 9.17) is 9.84 Å². The van der Waals surface area contributed by atoms with E-state index in [2.05, 4.69) is 0 Å². The second kappa shape index (κ2) is 15.4. The first-order valence-corrected chi connectivity index (χ1v) is 15.7. The molecule has 0 saturated carbocycles. The predicted molar refractivity (Wildman–Crippen MR) is 175 cm³/mol. The molecule has 0 radical (unpaired) electrons. The molecule has 2 unspecified atom stereocenters. The van der Waals surface area contributed by atoms with Crippen LogP contribution in [-0.4, -0.2) is 66.6 Å². The molecule has 56 heavy (non-hydrogen) atoms. The van der Waals surface area contributed by atoms with Crippen LogP contribution in [0, 0.1) is 31.9 Å². The SMILES string of the molecule is CC(C)(CC(O)(C(=O)Nc1ccc2c(c1)COC2=O)C(F)(F)F)c1ccc([N+](=O)[O-])c(F)c1.CC(C)(CC(O)(C(=O)O)C(F)(F)F)c1ccc([N+](=O)[O-])c(F)c1. The number of nitrogens with zero attached hydrogens (tertiary/aromatic N) is 2. The maximum absolute atomic E-state index is 14.0. The molecule has 4 N–H and O–H groups in total. The Balaban J connectivity index is 0.000000322. The molecule has 0 saturated heterocycles. The molecule has 0 aromatic heterocycles. The monoisotopic (exact) mass is 809 g/mol. The van der Waals surface area contributed by atoms with Gasteiger partial charge in [0.25, 0.3) is 11.5 Å². The van der Waals surface area contributed by atoms with Crippen molar-refractivity contribution in [1.29, 1.82) is 0 Å². The Kier molecular flexibility index (Phi) is 12.3. The van der Waals surface area contributed by atoms with E-state index >= 15 is 0 Å². The molecular formula is C34H31F8N3O11. The van der Waals surface area contributed by atoms with Crippen molar-refractivity contribution < 1.29 is 79.4 Å². The lowest BCUT2D eigenvalue weighted by Crippen LogP contribution is -2.57. The number of nitro groups is 2. The average molecular weight is 810 g/mol. The quantitative estimate of drug-likeness (QED) is 0.0684. The minimum Gasteiger partial charge on any atom is -0.479 e. The van der Waals surface area contributed by atoms with Crippen molar-refractivity contribution in [3.63, 3.8) is 0 Å². The van der Waals surface area contributed by atoms with Crippen molar-refractivity contribution in [2.24, 2.45) is 0 Å². The first-order valence-electron chi connectivity index (χ1n) is 15.7. The lowest BCUT2D eigenvalue weighted by Gasteiger charge is -2.36. The van der Waals surface area contributed by atoms with Crippen LogP contribution in [0.3, 0.4) is 0 Å². The van der Waals surface area contributed by atoms with Crippen LogP contribution < -0.4 is 5.32 Å². The summed E-state index contributed by atoms with van der Waals surface area (Å²) in [6.07, 6.45) is -13.4. The molecule has 2 atom stereocenters. The molecule has 22 heteroatoms. The van der Waals surface area contributed by atoms with Gasteiger partial charge in [0.1, 0.15) is 6.61 Å². The van der Waals surface area contributed by atoms with Crippen LogP contribution >= 0.6 is 0 Å². The number of nitrogens with one attached hydrogen (secondary N) is 1. The van der Waals surface area contributed by atoms with E-state index < -0.39 is 97.9 Å². The zero-order valence-corrected chi connectivity index (χ0v) is 29.3. The van der Waals surface area contributed by atoms with Gasteiger partial charge in [-0.3, -0.25) is 25.0 Å². The van der Waals surface area contributed by atoms with Gasteiger partial charge in [0, 0.05) is 36.2 Å². The lowest BCUT2D eigenvalue weighted by molar-refractivity contribution is -0.387. The van der Waals surface area contributed by atoms with E-state index in [0.717, 1.165) is 38.1 Å². The molecule has 4 rings (SSSR count). The number of cyclic esters (lactones) is 1. The number of rotatable bonds is 11. The topological polar surface area (TPSA) is 219 Å². The first kappa shape index (κ1) is 44.6. The lowest BCUT2D eigenvalue weighted by atomic mass is 9.74. The number of aliphatic carboxylic acids is 1. The number of esters is 1. The van der Waals surface area contributed by atoms with Crippen LogP contribution in [0.1, 0.15) is 67.6 Å². The largest absolute Gasteiger partial charge is 0.479 e. The van der Waals surface area contributed by atoms with Gasteiger partial charge in [0.2, 0.25) is 17.2 Å². The summed E-state index contributed by atoms with van der Waals surface area (Å²) in [4.78, 5) is 54.3. The highest BCUT2D eigenvalue weighted by Crippen LogP contribution is 2.44. The highest BCUT2D eigenvalue weighted by atomic mass is 19.4. The van der Waals surface area contributed by atoms with Crippen LogP contribution in [0.15, 0.2) is 54.6 Å². The molecule has 3 aromatic rings. The van der Waals surface area contributed by atoms with Crippen LogP contribution in [0.4, 0.5) is 52.2 Å². The van der Waals surface area contributed by atoms with Gasteiger partial charge in [-0.1, -0.05) is 39.8 Å². The summed E-state index contributed by atoms with van der Waals surface area (Å²) in [6, 6.07) is 8.71. The second-order valence-corrected chi connectivity index (χ2v) is 13.9. The zero-order chi connectivity index (χ0) is 43.0. The number of halogens is 8. The van der Waals surface area contributed by atoms with Gasteiger partial charge in [0.15, 0.2) is 0 Å². The van der Waals surface area contributed by atoms with Gasteiger partial charge in [-0.15, -0.1) is 0 Å². The molecule has 0 spiro atoms. The summed E-state index contributed by atoms with van der Waals surface area (Å²) in [7, 11) is 0. The summed E-state index contributed by atoms with van der Waals surface area (Å²) in [6.45, 7) is 4.67. The molecule has 1 amide bonds. The molecule has 0 bridgehead atoms. The van der Waals surface area contributed by atoms with E-state index in [1.165, 1.54) is 32.0 Å². The standard InChI is InChI=1S/C21H18F4N2O6.C13H13F4NO5/c1-19(2,12-3-6-16(27(31)32)15(22)8-12)10-20(30,21(23,24)25)18(29)26-13-4-5-14-11(7-13)9-33-17(14)28;1-11(2,6-12(21,10(19)20)13(15,16)17)7-3-4-9(18(22)23)8(14)5-7/h3-8,30H,9-10H2,1-2H3,(H,26,29);3-5,21H,6H2,1-2H3,(H,19,20). The zero-order valence-electron chi connectivity index (χ0n) is 29.3. The molecule has 1 aliphatic heterocycles. The summed E-state index contributed by atoms with van der Waals surface area (Å²) in [5.74, 6) is -7.41. The van der Waals surface area contributed by atoms with Gasteiger partial charge in [-0.2, -0.15) is 35.1 Å². The van der Waals surface area contributed by atoms with Crippen molar-refractivity contribution in [3.8, 4) is 0 Å². The number of alkyl halides is 6. The normalized spacial score (nSPS) is 15.3. The van der Waals surface area contributed by atoms with E-state index in [1.807, 2.05) is 5.32 Å². The van der Waals surface area contributed by atoms with Gasteiger partial charge in [-0.05, 0) is 52.3 Å². The number of nitro benzene ring substituents is 2. The number of anilines is 1. The highest BCUT2D eigenvalue weighted by molar-refractivity contribution is 5.99. The number of amides is 1. The third kappa shape index (κ3) is 9.18. The molecular weight excluding hydrogens is 778 g/mol. The molecule has 1 heterocycles. The number of hydrogen-bond donors (Lipinski definition) is 4. The van der Waals surface area contributed by atoms with Crippen molar-refractivity contribution >= 4 is 34.9 Å². The van der Waals surface area contributed by atoms with Crippen LogP contribution in [0.25, 0.3) is 0 Å².